The molecule has 0 radical (unpaired) electrons. The number of carboxylic acid groups (broad SMARTS) is 1. The number of carboxylic acids is 1. The smallest absolute Gasteiger partial charge is 0.309 e. The van der Waals surface area contributed by atoms with Crippen molar-refractivity contribution in [3.8, 4) is 0 Å². The summed E-state index contributed by atoms with van der Waals surface area (Å²) in [6.07, 6.45) is 6.92. The van der Waals surface area contributed by atoms with E-state index in [1.807, 2.05) is 6.26 Å². The maximum Gasteiger partial charge on any atom is 0.309 e. The molecular weight excluding hydrogens is 196 g/mol. The first-order chi connectivity index (χ1) is 6.64. The van der Waals surface area contributed by atoms with E-state index in [2.05, 4.69) is 6.92 Å². The molecule has 14 heavy (non-hydrogen) atoms. The van der Waals surface area contributed by atoms with Gasteiger partial charge in [0.05, 0.1) is 5.41 Å². The van der Waals surface area contributed by atoms with E-state index in [1.165, 1.54) is 0 Å². The molecule has 1 saturated carbocycles. The number of hydrogen-bond acceptors (Lipinski definition) is 2. The van der Waals surface area contributed by atoms with Crippen LogP contribution in [0.1, 0.15) is 39.0 Å². The van der Waals surface area contributed by atoms with Crippen molar-refractivity contribution in [1.29, 1.82) is 0 Å². The fraction of sp³-hybridized carbons (Fsp3) is 0.909. The van der Waals surface area contributed by atoms with Gasteiger partial charge in [0.25, 0.3) is 0 Å². The van der Waals surface area contributed by atoms with E-state index in [9.17, 15) is 9.90 Å². The van der Waals surface area contributed by atoms with E-state index in [0.717, 1.165) is 37.9 Å². The van der Waals surface area contributed by atoms with Gasteiger partial charge >= 0.3 is 5.97 Å². The fourth-order valence-corrected chi connectivity index (χ4v) is 3.01. The van der Waals surface area contributed by atoms with Crippen LogP contribution in [0.5, 0.6) is 0 Å². The van der Waals surface area contributed by atoms with Gasteiger partial charge in [-0.2, -0.15) is 11.8 Å². The minimum atomic E-state index is -0.567. The maximum atomic E-state index is 11.3. The Labute approximate surface area is 90.5 Å². The lowest BCUT2D eigenvalue weighted by atomic mass is 9.82. The highest BCUT2D eigenvalue weighted by Gasteiger charge is 2.44. The molecule has 0 bridgehead atoms. The van der Waals surface area contributed by atoms with Gasteiger partial charge < -0.3 is 5.11 Å². The summed E-state index contributed by atoms with van der Waals surface area (Å²) in [7, 11) is 0. The minimum Gasteiger partial charge on any atom is -0.481 e. The molecule has 1 N–H and O–H groups in total. The molecule has 1 rings (SSSR count). The lowest BCUT2D eigenvalue weighted by molar-refractivity contribution is -0.149. The first-order valence-electron chi connectivity index (χ1n) is 5.37. The van der Waals surface area contributed by atoms with Crippen molar-refractivity contribution in [2.24, 2.45) is 11.3 Å². The number of thioether (sulfide) groups is 1. The molecular formula is C11H20O2S. The summed E-state index contributed by atoms with van der Waals surface area (Å²) in [6, 6.07) is 0. The number of aliphatic carboxylic acids is 1. The molecule has 2 atom stereocenters. The van der Waals surface area contributed by atoms with Gasteiger partial charge in [0.2, 0.25) is 0 Å². The molecule has 0 aliphatic heterocycles. The second kappa shape index (κ2) is 5.06. The van der Waals surface area contributed by atoms with Crippen LogP contribution in [-0.2, 0) is 4.79 Å². The Bertz CT molecular complexity index is 205. The zero-order chi connectivity index (χ0) is 10.6. The Kier molecular flexibility index (Phi) is 4.30. The Hall–Kier alpha value is -0.180. The molecule has 0 aromatic rings. The van der Waals surface area contributed by atoms with Gasteiger partial charge in [-0.15, -0.1) is 0 Å². The molecule has 2 nitrogen and oxygen atoms in total. The average molecular weight is 216 g/mol. The Morgan fingerprint density at radius 3 is 2.79 bits per heavy atom. The summed E-state index contributed by atoms with van der Waals surface area (Å²) >= 11 is 1.75. The second-order valence-electron chi connectivity index (χ2n) is 4.35. The van der Waals surface area contributed by atoms with Crippen LogP contribution in [0.3, 0.4) is 0 Å². The summed E-state index contributed by atoms with van der Waals surface area (Å²) in [4.78, 5) is 11.3. The first-order valence-corrected chi connectivity index (χ1v) is 6.76. The van der Waals surface area contributed by atoms with Crippen LogP contribution >= 0.6 is 11.8 Å². The van der Waals surface area contributed by atoms with Crippen molar-refractivity contribution in [1.82, 2.24) is 0 Å². The summed E-state index contributed by atoms with van der Waals surface area (Å²) < 4.78 is 0. The van der Waals surface area contributed by atoms with Crippen molar-refractivity contribution < 1.29 is 9.90 Å². The molecule has 1 aliphatic rings. The third-order valence-corrected chi connectivity index (χ3v) is 4.14. The van der Waals surface area contributed by atoms with E-state index in [4.69, 9.17) is 0 Å². The Morgan fingerprint density at radius 2 is 2.36 bits per heavy atom. The van der Waals surface area contributed by atoms with Crippen LogP contribution in [-0.4, -0.2) is 23.1 Å². The SMILES string of the molecule is CCC1CCC(CCSC)(C(=O)O)C1. The quantitative estimate of drug-likeness (QED) is 0.767. The molecule has 1 fully saturated rings. The van der Waals surface area contributed by atoms with Crippen molar-refractivity contribution in [3.05, 3.63) is 0 Å². The zero-order valence-electron chi connectivity index (χ0n) is 9.08. The predicted octanol–water partition coefficient (Wildman–Crippen LogP) is 3.02. The van der Waals surface area contributed by atoms with Crippen LogP contribution in [0.25, 0.3) is 0 Å². The van der Waals surface area contributed by atoms with Gasteiger partial charge in [0.1, 0.15) is 0 Å². The van der Waals surface area contributed by atoms with Crippen LogP contribution < -0.4 is 0 Å². The molecule has 0 amide bonds. The molecule has 0 aromatic carbocycles. The monoisotopic (exact) mass is 216 g/mol. The van der Waals surface area contributed by atoms with Crippen LogP contribution in [0, 0.1) is 11.3 Å². The van der Waals surface area contributed by atoms with Crippen molar-refractivity contribution in [2.75, 3.05) is 12.0 Å². The van der Waals surface area contributed by atoms with Gasteiger partial charge in [-0.1, -0.05) is 13.3 Å². The molecule has 2 unspecified atom stereocenters. The minimum absolute atomic E-state index is 0.385. The number of hydrogen-bond donors (Lipinski definition) is 1. The number of rotatable bonds is 5. The molecule has 3 heteroatoms. The van der Waals surface area contributed by atoms with E-state index in [-0.39, 0.29) is 5.41 Å². The third-order valence-electron chi connectivity index (χ3n) is 3.53. The highest BCUT2D eigenvalue weighted by Crippen LogP contribution is 2.46. The molecule has 1 aliphatic carbocycles. The molecule has 82 valence electrons. The van der Waals surface area contributed by atoms with Gasteiger partial charge in [-0.05, 0) is 43.6 Å². The summed E-state index contributed by atoms with van der Waals surface area (Å²) in [5, 5.41) is 9.29. The van der Waals surface area contributed by atoms with E-state index in [0.29, 0.717) is 5.92 Å². The number of carbonyl (C=O) groups is 1. The lowest BCUT2D eigenvalue weighted by Crippen LogP contribution is -2.29. The summed E-state index contributed by atoms with van der Waals surface area (Å²) in [5.41, 5.74) is -0.385. The molecule has 0 spiro atoms. The fourth-order valence-electron chi connectivity index (χ4n) is 2.41. The van der Waals surface area contributed by atoms with Crippen molar-refractivity contribution in [2.45, 2.75) is 39.0 Å². The van der Waals surface area contributed by atoms with Crippen LogP contribution in [0.2, 0.25) is 0 Å². The predicted molar refractivity (Wildman–Crippen MR) is 60.7 cm³/mol. The average Bonchev–Trinajstić information content (AvgIpc) is 2.59. The zero-order valence-corrected chi connectivity index (χ0v) is 9.90. The first kappa shape index (κ1) is 11.9. The van der Waals surface area contributed by atoms with Gasteiger partial charge in [0, 0.05) is 0 Å². The molecule has 0 saturated heterocycles. The van der Waals surface area contributed by atoms with E-state index < -0.39 is 5.97 Å². The van der Waals surface area contributed by atoms with Gasteiger partial charge in [-0.25, -0.2) is 0 Å². The molecule has 0 heterocycles. The van der Waals surface area contributed by atoms with Crippen LogP contribution in [0.4, 0.5) is 0 Å². The van der Waals surface area contributed by atoms with Crippen molar-refractivity contribution in [3.63, 3.8) is 0 Å². The lowest BCUT2D eigenvalue weighted by Gasteiger charge is -2.23. The van der Waals surface area contributed by atoms with Crippen molar-refractivity contribution >= 4 is 17.7 Å². The van der Waals surface area contributed by atoms with E-state index in [1.54, 1.807) is 11.8 Å². The van der Waals surface area contributed by atoms with Gasteiger partial charge in [0.15, 0.2) is 0 Å². The standard InChI is InChI=1S/C11H20O2S/c1-3-9-4-5-11(8-9,10(12)13)6-7-14-2/h9H,3-8H2,1-2H3,(H,12,13). The second-order valence-corrected chi connectivity index (χ2v) is 5.33. The molecule has 0 aromatic heterocycles. The highest BCUT2D eigenvalue weighted by molar-refractivity contribution is 7.98. The topological polar surface area (TPSA) is 37.3 Å². The van der Waals surface area contributed by atoms with Crippen LogP contribution in [0.15, 0.2) is 0 Å². The summed E-state index contributed by atoms with van der Waals surface area (Å²) in [6.45, 7) is 2.16. The highest BCUT2D eigenvalue weighted by atomic mass is 32.2. The summed E-state index contributed by atoms with van der Waals surface area (Å²) in [5.74, 6) is 1.05. The third kappa shape index (κ3) is 2.44. The largest absolute Gasteiger partial charge is 0.481 e. The van der Waals surface area contributed by atoms with Gasteiger partial charge in [-0.3, -0.25) is 4.79 Å². The van der Waals surface area contributed by atoms with E-state index >= 15 is 0 Å². The normalized spacial score (nSPS) is 32.0. The maximum absolute atomic E-state index is 11.3. The Morgan fingerprint density at radius 1 is 1.64 bits per heavy atom. The Balaban J connectivity index is 2.60.